The predicted molar refractivity (Wildman–Crippen MR) is 161 cm³/mol. The lowest BCUT2D eigenvalue weighted by atomic mass is 10.1. The van der Waals surface area contributed by atoms with Gasteiger partial charge in [0.1, 0.15) is 5.75 Å². The maximum Gasteiger partial charge on any atom is 0.245 e. The molecule has 12 heteroatoms. The number of morpholine rings is 1. The molecule has 1 unspecified atom stereocenters. The fourth-order valence-corrected chi connectivity index (χ4v) is 6.14. The van der Waals surface area contributed by atoms with Gasteiger partial charge in [0.15, 0.2) is 0 Å². The molecular formula is C29H35N7O4S. The lowest BCUT2D eigenvalue weighted by molar-refractivity contribution is 0.0209. The van der Waals surface area contributed by atoms with E-state index in [9.17, 15) is 8.42 Å². The molecule has 2 aromatic carbocycles. The summed E-state index contributed by atoms with van der Waals surface area (Å²) in [5.41, 5.74) is 4.73. The Labute approximate surface area is 240 Å². The molecule has 0 radical (unpaired) electrons. The summed E-state index contributed by atoms with van der Waals surface area (Å²) in [6.45, 7) is 5.61. The van der Waals surface area contributed by atoms with Gasteiger partial charge in [-0.3, -0.25) is 9.21 Å². The number of benzene rings is 2. The van der Waals surface area contributed by atoms with Gasteiger partial charge in [0, 0.05) is 56.6 Å². The third-order valence-electron chi connectivity index (χ3n) is 7.94. The molecule has 2 aliphatic heterocycles. The molecule has 0 aliphatic carbocycles. The van der Waals surface area contributed by atoms with E-state index in [1.165, 1.54) is 10.6 Å². The Balaban J connectivity index is 1.25. The third-order valence-corrected chi connectivity index (χ3v) is 9.13. The van der Waals surface area contributed by atoms with Crippen LogP contribution in [-0.4, -0.2) is 93.8 Å². The van der Waals surface area contributed by atoms with Crippen LogP contribution in [0, 0.1) is 0 Å². The average Bonchev–Trinajstić information content (AvgIpc) is 3.65. The highest BCUT2D eigenvalue weighted by Gasteiger charge is 2.29. The summed E-state index contributed by atoms with van der Waals surface area (Å²) in [6, 6.07) is 17.9. The SMILES string of the molecule is COc1cc(N2CCC(N3CCOCC3)C2)ccc1Nc1ncc2ccc(-c3ccccc3N(C)S(C)(=O)=O)n2n1. The molecule has 0 bridgehead atoms. The molecule has 0 amide bonds. The van der Waals surface area contributed by atoms with Gasteiger partial charge >= 0.3 is 0 Å². The van der Waals surface area contributed by atoms with Crippen LogP contribution < -0.4 is 19.3 Å². The zero-order valence-electron chi connectivity index (χ0n) is 23.5. The second-order valence-electron chi connectivity index (χ2n) is 10.4. The van der Waals surface area contributed by atoms with Crippen LogP contribution >= 0.6 is 0 Å². The van der Waals surface area contributed by atoms with Crippen molar-refractivity contribution in [3.8, 4) is 17.0 Å². The van der Waals surface area contributed by atoms with Crippen LogP contribution in [0.25, 0.3) is 16.8 Å². The number of aromatic nitrogens is 3. The fraction of sp³-hybridized carbons (Fsp3) is 0.379. The van der Waals surface area contributed by atoms with Crippen LogP contribution in [0.1, 0.15) is 6.42 Å². The number of hydrogen-bond acceptors (Lipinski definition) is 9. The Bertz CT molecular complexity index is 1650. The highest BCUT2D eigenvalue weighted by atomic mass is 32.2. The van der Waals surface area contributed by atoms with Crippen molar-refractivity contribution < 1.29 is 17.9 Å². The predicted octanol–water partition coefficient (Wildman–Crippen LogP) is 3.46. The van der Waals surface area contributed by atoms with E-state index in [1.54, 1.807) is 30.9 Å². The van der Waals surface area contributed by atoms with Gasteiger partial charge in [0.2, 0.25) is 16.0 Å². The van der Waals surface area contributed by atoms with Gasteiger partial charge < -0.3 is 19.7 Å². The van der Waals surface area contributed by atoms with Crippen molar-refractivity contribution in [3.63, 3.8) is 0 Å². The first-order valence-corrected chi connectivity index (χ1v) is 15.6. The van der Waals surface area contributed by atoms with Gasteiger partial charge in [-0.25, -0.2) is 17.9 Å². The topological polar surface area (TPSA) is 105 Å². The molecule has 41 heavy (non-hydrogen) atoms. The normalized spacial score (nSPS) is 18.1. The quantitative estimate of drug-likeness (QED) is 0.337. The lowest BCUT2D eigenvalue weighted by Gasteiger charge is -2.32. The van der Waals surface area contributed by atoms with Gasteiger partial charge in [-0.05, 0) is 36.8 Å². The minimum Gasteiger partial charge on any atom is -0.494 e. The monoisotopic (exact) mass is 577 g/mol. The number of rotatable bonds is 8. The summed E-state index contributed by atoms with van der Waals surface area (Å²) in [7, 11) is -0.235. The van der Waals surface area contributed by atoms with Gasteiger partial charge in [-0.15, -0.1) is 5.10 Å². The first kappa shape index (κ1) is 27.3. The van der Waals surface area contributed by atoms with Gasteiger partial charge in [0.25, 0.3) is 0 Å². The number of anilines is 4. The summed E-state index contributed by atoms with van der Waals surface area (Å²) in [6.07, 6.45) is 4.06. The Morgan fingerprint density at radius 2 is 1.88 bits per heavy atom. The maximum absolute atomic E-state index is 12.3. The maximum atomic E-state index is 12.3. The van der Waals surface area contributed by atoms with Crippen molar-refractivity contribution in [1.82, 2.24) is 19.5 Å². The van der Waals surface area contributed by atoms with Gasteiger partial charge in [0.05, 0.1) is 55.4 Å². The molecule has 216 valence electrons. The summed E-state index contributed by atoms with van der Waals surface area (Å²) in [5, 5.41) is 8.06. The number of fused-ring (bicyclic) bond motifs is 1. The van der Waals surface area contributed by atoms with E-state index in [1.807, 2.05) is 36.4 Å². The van der Waals surface area contributed by atoms with Crippen molar-refractivity contribution in [2.45, 2.75) is 12.5 Å². The second-order valence-corrected chi connectivity index (χ2v) is 12.4. The smallest absolute Gasteiger partial charge is 0.245 e. The van der Waals surface area contributed by atoms with Crippen molar-refractivity contribution >= 4 is 38.6 Å². The van der Waals surface area contributed by atoms with Crippen molar-refractivity contribution in [3.05, 3.63) is 60.8 Å². The molecule has 2 aromatic heterocycles. The number of hydrogen-bond donors (Lipinski definition) is 1. The number of para-hydroxylation sites is 1. The molecule has 0 saturated carbocycles. The third kappa shape index (κ3) is 5.54. The van der Waals surface area contributed by atoms with Crippen molar-refractivity contribution in [2.24, 2.45) is 0 Å². The molecule has 2 fully saturated rings. The molecule has 4 heterocycles. The van der Waals surface area contributed by atoms with E-state index in [0.717, 1.165) is 74.0 Å². The summed E-state index contributed by atoms with van der Waals surface area (Å²) >= 11 is 0. The number of methoxy groups -OCH3 is 1. The fourth-order valence-electron chi connectivity index (χ4n) is 5.62. The van der Waals surface area contributed by atoms with Crippen LogP contribution in [0.15, 0.2) is 60.8 Å². The van der Waals surface area contributed by atoms with E-state index in [0.29, 0.717) is 23.4 Å². The van der Waals surface area contributed by atoms with E-state index in [2.05, 4.69) is 32.2 Å². The first-order valence-electron chi connectivity index (χ1n) is 13.7. The Morgan fingerprint density at radius 3 is 2.66 bits per heavy atom. The molecule has 2 saturated heterocycles. The molecule has 1 N–H and O–H groups in total. The molecule has 6 rings (SSSR count). The molecule has 11 nitrogen and oxygen atoms in total. The average molecular weight is 578 g/mol. The second kappa shape index (κ2) is 11.2. The highest BCUT2D eigenvalue weighted by Crippen LogP contribution is 2.35. The van der Waals surface area contributed by atoms with E-state index >= 15 is 0 Å². The Hall–Kier alpha value is -3.87. The zero-order chi connectivity index (χ0) is 28.6. The lowest BCUT2D eigenvalue weighted by Crippen LogP contribution is -2.44. The van der Waals surface area contributed by atoms with Crippen LogP contribution in [-0.2, 0) is 14.8 Å². The standard InChI is InChI=1S/C29H35N7O4S/c1-33(41(3,37)38)26-7-5-4-6-24(26)27-11-9-22-19-30-29(32-36(22)27)31-25-10-8-21(18-28(25)39-2)35-13-12-23(20-35)34-14-16-40-17-15-34/h4-11,18-19,23H,12-17,20H2,1-3H3,(H,31,32). The number of ether oxygens (including phenoxy) is 2. The Morgan fingerprint density at radius 1 is 1.07 bits per heavy atom. The van der Waals surface area contributed by atoms with Gasteiger partial charge in [-0.1, -0.05) is 18.2 Å². The van der Waals surface area contributed by atoms with Crippen LogP contribution in [0.2, 0.25) is 0 Å². The molecule has 4 aromatic rings. The molecule has 1 atom stereocenters. The van der Waals surface area contributed by atoms with E-state index in [-0.39, 0.29) is 0 Å². The van der Waals surface area contributed by atoms with E-state index < -0.39 is 10.0 Å². The number of nitrogens with zero attached hydrogens (tertiary/aromatic N) is 6. The van der Waals surface area contributed by atoms with E-state index in [4.69, 9.17) is 14.6 Å². The minimum absolute atomic E-state index is 0.392. The zero-order valence-corrected chi connectivity index (χ0v) is 24.3. The van der Waals surface area contributed by atoms with Crippen LogP contribution in [0.4, 0.5) is 23.0 Å². The highest BCUT2D eigenvalue weighted by molar-refractivity contribution is 7.92. The summed E-state index contributed by atoms with van der Waals surface area (Å²) < 4.78 is 38.9. The minimum atomic E-state index is -3.44. The number of sulfonamides is 1. The van der Waals surface area contributed by atoms with Crippen molar-refractivity contribution in [2.75, 3.05) is 74.3 Å². The molecule has 2 aliphatic rings. The Kier molecular flexibility index (Phi) is 7.45. The largest absolute Gasteiger partial charge is 0.494 e. The molecule has 0 spiro atoms. The van der Waals surface area contributed by atoms with Crippen LogP contribution in [0.5, 0.6) is 5.75 Å². The van der Waals surface area contributed by atoms with Crippen molar-refractivity contribution in [1.29, 1.82) is 0 Å². The van der Waals surface area contributed by atoms with Gasteiger partial charge in [-0.2, -0.15) is 0 Å². The summed E-state index contributed by atoms with van der Waals surface area (Å²) in [4.78, 5) is 9.46. The van der Waals surface area contributed by atoms with Crippen LogP contribution in [0.3, 0.4) is 0 Å². The molecular weight excluding hydrogens is 542 g/mol. The summed E-state index contributed by atoms with van der Waals surface area (Å²) in [5.74, 6) is 1.09. The number of nitrogens with one attached hydrogen (secondary N) is 1. The first-order chi connectivity index (χ1) is 19.8.